The Bertz CT molecular complexity index is 1030. The number of rotatable bonds is 5. The van der Waals surface area contributed by atoms with Crippen molar-refractivity contribution in [3.8, 4) is 0 Å². The minimum Gasteiger partial charge on any atom is -0.459 e. The van der Waals surface area contributed by atoms with Crippen LogP contribution in [0.25, 0.3) is 0 Å². The number of quaternary nitrogens is 1. The van der Waals surface area contributed by atoms with Gasteiger partial charge in [0.25, 0.3) is 5.91 Å². The molecular weight excluding hydrogens is 406 g/mol. The zero-order valence-electron chi connectivity index (χ0n) is 16.6. The second kappa shape index (κ2) is 8.68. The van der Waals surface area contributed by atoms with Crippen molar-refractivity contribution in [2.75, 3.05) is 37.2 Å². The van der Waals surface area contributed by atoms with Gasteiger partial charge in [-0.2, -0.15) is 15.0 Å². The molecule has 3 heterocycles. The van der Waals surface area contributed by atoms with Crippen molar-refractivity contribution in [1.29, 1.82) is 0 Å². The molecule has 1 aromatic carbocycles. The lowest BCUT2D eigenvalue weighted by Gasteiger charge is -2.31. The maximum atomic E-state index is 12.4. The first kappa shape index (κ1) is 20.1. The molecule has 4 N–H and O–H groups in total. The molecule has 1 amide bonds. The summed E-state index contributed by atoms with van der Waals surface area (Å²) in [7, 11) is 0. The first-order valence-electron chi connectivity index (χ1n) is 9.68. The lowest BCUT2D eigenvalue weighted by molar-refractivity contribution is -0.918. The highest BCUT2D eigenvalue weighted by Crippen LogP contribution is 2.22. The van der Waals surface area contributed by atoms with E-state index in [0.29, 0.717) is 42.2 Å². The summed E-state index contributed by atoms with van der Waals surface area (Å²) in [5, 5.41) is 3.79. The van der Waals surface area contributed by atoms with Gasteiger partial charge in [0.1, 0.15) is 6.54 Å². The number of aryl methyl sites for hydroxylation is 1. The Morgan fingerprint density at radius 3 is 2.80 bits per heavy atom. The van der Waals surface area contributed by atoms with E-state index in [1.54, 1.807) is 17.0 Å². The molecule has 1 fully saturated rings. The average molecular weight is 429 g/mol. The molecule has 9 nitrogen and oxygen atoms in total. The minimum atomic E-state index is -0.0770. The number of anilines is 3. The summed E-state index contributed by atoms with van der Waals surface area (Å²) in [5.41, 5.74) is 7.73. The normalized spacial score (nSPS) is 14.7. The molecule has 1 aliphatic heterocycles. The van der Waals surface area contributed by atoms with Crippen LogP contribution in [0.2, 0.25) is 5.02 Å². The summed E-state index contributed by atoms with van der Waals surface area (Å²) >= 11 is 6.09. The van der Waals surface area contributed by atoms with E-state index in [0.717, 1.165) is 24.3 Å². The summed E-state index contributed by atoms with van der Waals surface area (Å²) in [4.78, 5) is 28.5. The van der Waals surface area contributed by atoms with Gasteiger partial charge in [-0.15, -0.1) is 0 Å². The lowest BCUT2D eigenvalue weighted by atomic mass is 10.2. The van der Waals surface area contributed by atoms with E-state index < -0.39 is 0 Å². The monoisotopic (exact) mass is 428 g/mol. The largest absolute Gasteiger partial charge is 0.459 e. The predicted octanol–water partition coefficient (Wildman–Crippen LogP) is 1.29. The van der Waals surface area contributed by atoms with Gasteiger partial charge in [0.05, 0.1) is 32.4 Å². The van der Waals surface area contributed by atoms with Crippen LogP contribution < -0.4 is 16.0 Å². The van der Waals surface area contributed by atoms with Crippen molar-refractivity contribution in [3.63, 3.8) is 0 Å². The number of benzene rings is 1. The Labute approximate surface area is 178 Å². The van der Waals surface area contributed by atoms with Crippen molar-refractivity contribution >= 4 is 35.1 Å². The van der Waals surface area contributed by atoms with Crippen molar-refractivity contribution in [2.45, 2.75) is 13.5 Å². The molecule has 0 unspecified atom stereocenters. The van der Waals surface area contributed by atoms with E-state index in [4.69, 9.17) is 21.8 Å². The molecule has 156 valence electrons. The molecule has 2 aromatic heterocycles. The van der Waals surface area contributed by atoms with Crippen LogP contribution in [0.4, 0.5) is 17.6 Å². The molecule has 1 aliphatic rings. The zero-order chi connectivity index (χ0) is 21.1. The molecule has 0 radical (unpaired) electrons. The highest BCUT2D eigenvalue weighted by atomic mass is 35.5. The van der Waals surface area contributed by atoms with Crippen LogP contribution in [0.5, 0.6) is 0 Å². The van der Waals surface area contributed by atoms with Crippen LogP contribution in [0.3, 0.4) is 0 Å². The topological polar surface area (TPSA) is 115 Å². The number of piperazine rings is 1. The third-order valence-electron chi connectivity index (χ3n) is 5.04. The van der Waals surface area contributed by atoms with Gasteiger partial charge in [-0.25, -0.2) is 0 Å². The van der Waals surface area contributed by atoms with Gasteiger partial charge in [-0.05, 0) is 36.8 Å². The van der Waals surface area contributed by atoms with Crippen LogP contribution in [0.1, 0.15) is 21.9 Å². The molecule has 0 spiro atoms. The summed E-state index contributed by atoms with van der Waals surface area (Å²) in [6, 6.07) is 8.97. The van der Waals surface area contributed by atoms with E-state index in [1.807, 2.05) is 25.1 Å². The fourth-order valence-corrected chi connectivity index (χ4v) is 3.58. The molecule has 3 aromatic rings. The Morgan fingerprint density at radius 2 is 2.07 bits per heavy atom. The van der Waals surface area contributed by atoms with Gasteiger partial charge < -0.3 is 25.3 Å². The van der Waals surface area contributed by atoms with Crippen LogP contribution >= 0.6 is 11.6 Å². The van der Waals surface area contributed by atoms with Gasteiger partial charge in [0.2, 0.25) is 11.9 Å². The molecule has 30 heavy (non-hydrogen) atoms. The number of halogens is 1. The SMILES string of the molecule is Cc1ccc(Cl)cc1Nc1nc(N)nc(C[NH+]2CCN(C(=O)c3ccco3)CC2)n1. The predicted molar refractivity (Wildman–Crippen MR) is 113 cm³/mol. The van der Waals surface area contributed by atoms with E-state index in [1.165, 1.54) is 11.2 Å². The number of furan rings is 1. The van der Waals surface area contributed by atoms with Gasteiger partial charge >= 0.3 is 0 Å². The Hall–Kier alpha value is -3.17. The number of hydrogen-bond acceptors (Lipinski definition) is 7. The lowest BCUT2D eigenvalue weighted by Crippen LogP contribution is -3.13. The van der Waals surface area contributed by atoms with Crippen LogP contribution in [0.15, 0.2) is 41.0 Å². The smallest absolute Gasteiger partial charge is 0.289 e. The van der Waals surface area contributed by atoms with Gasteiger partial charge in [-0.1, -0.05) is 17.7 Å². The van der Waals surface area contributed by atoms with Gasteiger partial charge in [0.15, 0.2) is 11.6 Å². The molecular formula is C20H23ClN7O2+. The standard InChI is InChI=1S/C20H22ClN7O2/c1-13-4-5-14(21)11-15(13)23-20-25-17(24-19(22)26-20)12-27-6-8-28(9-7-27)18(29)16-3-2-10-30-16/h2-5,10-11H,6-9,12H2,1H3,(H3,22,23,24,25,26)/p+1. The number of nitrogen functional groups attached to an aromatic ring is 1. The van der Waals surface area contributed by atoms with Gasteiger partial charge in [-0.3, -0.25) is 4.79 Å². The van der Waals surface area contributed by atoms with E-state index >= 15 is 0 Å². The van der Waals surface area contributed by atoms with Crippen LogP contribution in [-0.2, 0) is 6.54 Å². The maximum Gasteiger partial charge on any atom is 0.289 e. The maximum absolute atomic E-state index is 12.4. The van der Waals surface area contributed by atoms with Crippen LogP contribution in [0, 0.1) is 6.92 Å². The van der Waals surface area contributed by atoms with Gasteiger partial charge in [0, 0.05) is 10.7 Å². The molecule has 0 atom stereocenters. The van der Waals surface area contributed by atoms with E-state index in [-0.39, 0.29) is 11.9 Å². The summed E-state index contributed by atoms with van der Waals surface area (Å²) in [6.45, 7) is 5.42. The first-order chi connectivity index (χ1) is 14.5. The highest BCUT2D eigenvalue weighted by molar-refractivity contribution is 6.30. The number of nitrogens with zero attached hydrogens (tertiary/aromatic N) is 4. The Morgan fingerprint density at radius 1 is 1.27 bits per heavy atom. The van der Waals surface area contributed by atoms with Crippen LogP contribution in [-0.4, -0.2) is 51.9 Å². The average Bonchev–Trinajstić information content (AvgIpc) is 3.25. The molecule has 10 heteroatoms. The fraction of sp³-hybridized carbons (Fsp3) is 0.300. The molecule has 0 bridgehead atoms. The number of nitrogens with two attached hydrogens (primary N) is 1. The molecule has 0 aliphatic carbocycles. The van der Waals surface area contributed by atoms with Crippen molar-refractivity contribution < 1.29 is 14.1 Å². The van der Waals surface area contributed by atoms with Crippen molar-refractivity contribution in [1.82, 2.24) is 19.9 Å². The third kappa shape index (κ3) is 4.69. The van der Waals surface area contributed by atoms with E-state index in [9.17, 15) is 4.79 Å². The number of carbonyl (C=O) groups excluding carboxylic acids is 1. The number of amides is 1. The quantitative estimate of drug-likeness (QED) is 0.561. The number of carbonyl (C=O) groups is 1. The second-order valence-corrected chi connectivity index (χ2v) is 7.65. The van der Waals surface area contributed by atoms with E-state index in [2.05, 4.69) is 20.3 Å². The Balaban J connectivity index is 1.39. The number of nitrogens with one attached hydrogen (secondary N) is 2. The molecule has 0 saturated carbocycles. The Kier molecular flexibility index (Phi) is 5.82. The third-order valence-corrected chi connectivity index (χ3v) is 5.28. The molecule has 4 rings (SSSR count). The molecule has 1 saturated heterocycles. The number of hydrogen-bond donors (Lipinski definition) is 3. The summed E-state index contributed by atoms with van der Waals surface area (Å²) in [5.74, 6) is 1.44. The van der Waals surface area contributed by atoms with Crippen molar-refractivity contribution in [3.05, 3.63) is 58.8 Å². The first-order valence-corrected chi connectivity index (χ1v) is 10.1. The summed E-state index contributed by atoms with van der Waals surface area (Å²) in [6.07, 6.45) is 1.51. The number of aromatic nitrogens is 3. The minimum absolute atomic E-state index is 0.0770. The fourth-order valence-electron chi connectivity index (χ4n) is 3.40. The van der Waals surface area contributed by atoms with Crippen molar-refractivity contribution in [2.24, 2.45) is 0 Å². The zero-order valence-corrected chi connectivity index (χ0v) is 17.3. The summed E-state index contributed by atoms with van der Waals surface area (Å²) < 4.78 is 5.21. The highest BCUT2D eigenvalue weighted by Gasteiger charge is 2.26. The second-order valence-electron chi connectivity index (χ2n) is 7.21.